The molecule has 4 atom stereocenters. The van der Waals surface area contributed by atoms with Crippen molar-refractivity contribution in [3.05, 3.63) is 29.8 Å². The molecule has 3 aliphatic carbocycles. The van der Waals surface area contributed by atoms with Gasteiger partial charge in [-0.05, 0) is 50.0 Å². The first-order valence-corrected chi connectivity index (χ1v) is 11.6. The Kier molecular flexibility index (Phi) is 4.77. The van der Waals surface area contributed by atoms with Crippen LogP contribution in [0.1, 0.15) is 55.5 Å². The van der Waals surface area contributed by atoms with E-state index >= 15 is 0 Å². The fourth-order valence-corrected chi connectivity index (χ4v) is 5.89. The van der Waals surface area contributed by atoms with Gasteiger partial charge in [0, 0.05) is 55.7 Å². The lowest BCUT2D eigenvalue weighted by molar-refractivity contribution is -0.137. The topological polar surface area (TPSA) is 69.2 Å². The molecule has 0 radical (unpaired) electrons. The number of nitrogens with zero attached hydrogens (tertiary/aromatic N) is 4. The third-order valence-corrected chi connectivity index (χ3v) is 7.69. The fourth-order valence-electron chi connectivity index (χ4n) is 5.89. The Morgan fingerprint density at radius 3 is 2.59 bits per heavy atom. The fraction of sp³-hybridized carbons (Fsp3) is 0.652. The highest BCUT2D eigenvalue weighted by molar-refractivity contribution is 5.62. The van der Waals surface area contributed by atoms with Crippen LogP contribution in [0.25, 0.3) is 11.3 Å². The van der Waals surface area contributed by atoms with E-state index in [2.05, 4.69) is 14.5 Å². The minimum atomic E-state index is -4.53. The average molecular weight is 448 g/mol. The number of alkyl halides is 3. The molecule has 3 heterocycles. The molecule has 2 unspecified atom stereocenters. The van der Waals surface area contributed by atoms with Gasteiger partial charge in [-0.25, -0.2) is 9.97 Å². The van der Waals surface area contributed by atoms with Crippen LogP contribution >= 0.6 is 0 Å². The molecule has 0 spiro atoms. The van der Waals surface area contributed by atoms with Crippen molar-refractivity contribution >= 4 is 5.82 Å². The number of hydrogen-bond acceptors (Lipinski definition) is 5. The van der Waals surface area contributed by atoms with Gasteiger partial charge in [0.05, 0.1) is 17.9 Å². The Hall–Kier alpha value is -2.13. The van der Waals surface area contributed by atoms with E-state index in [1.165, 1.54) is 19.0 Å². The molecular weight excluding hydrogens is 419 g/mol. The van der Waals surface area contributed by atoms with E-state index < -0.39 is 17.6 Å². The maximum absolute atomic E-state index is 13.3. The summed E-state index contributed by atoms with van der Waals surface area (Å²) in [5.74, 6) is 2.24. The minimum Gasteiger partial charge on any atom is -0.383 e. The lowest BCUT2D eigenvalue weighted by Gasteiger charge is -2.29. The van der Waals surface area contributed by atoms with Crippen LogP contribution in [-0.4, -0.2) is 51.8 Å². The number of imidazole rings is 1. The number of hydrogen-bond donors (Lipinski definition) is 1. The summed E-state index contributed by atoms with van der Waals surface area (Å²) in [7, 11) is 0. The third-order valence-electron chi connectivity index (χ3n) is 7.69. The number of nitrogen functional groups attached to an aromatic ring is 1. The average Bonchev–Trinajstić information content (AvgIpc) is 3.65. The summed E-state index contributed by atoms with van der Waals surface area (Å²) in [6.07, 6.45) is 4.50. The van der Waals surface area contributed by atoms with E-state index in [9.17, 15) is 13.2 Å². The normalized spacial score (nSPS) is 30.8. The van der Waals surface area contributed by atoms with E-state index in [-0.39, 0.29) is 0 Å². The summed E-state index contributed by atoms with van der Waals surface area (Å²) in [5.41, 5.74) is 5.53. The number of halogens is 3. The second kappa shape index (κ2) is 7.45. The second-order valence-corrected chi connectivity index (χ2v) is 9.77. The lowest BCUT2D eigenvalue weighted by atomic mass is 10.1. The number of rotatable bonds is 4. The van der Waals surface area contributed by atoms with Crippen LogP contribution in [0.15, 0.2) is 18.5 Å². The molecule has 0 bridgehead atoms. The van der Waals surface area contributed by atoms with E-state index in [0.29, 0.717) is 41.1 Å². The predicted octanol–water partition coefficient (Wildman–Crippen LogP) is 4.10. The van der Waals surface area contributed by atoms with Gasteiger partial charge in [-0.2, -0.15) is 13.2 Å². The van der Waals surface area contributed by atoms with E-state index in [4.69, 9.17) is 15.5 Å². The number of fused-ring (bicyclic) bond motifs is 1. The molecule has 2 aromatic rings. The van der Waals surface area contributed by atoms with Crippen molar-refractivity contribution in [2.45, 2.75) is 56.3 Å². The molecule has 1 saturated heterocycles. The summed E-state index contributed by atoms with van der Waals surface area (Å²) >= 11 is 0. The molecule has 3 saturated carbocycles. The molecule has 0 amide bonds. The molecule has 0 aromatic carbocycles. The van der Waals surface area contributed by atoms with Gasteiger partial charge in [0.2, 0.25) is 0 Å². The molecular formula is C23H28F3N5O. The standard InChI is InChI=1S/C23H28F3N5O/c24-23(25,26)18-8-14(11-28-21(18)27)19-12-31(22(29-19)13-2-3-13)20-16-9-15(10-17(16)20)30-4-1-6-32-7-5-30/h8,11-13,15-17,20H,1-7,9-10H2,(H2,27,28)/t15?,16-,17+,20?. The molecule has 9 heteroatoms. The Bertz CT molecular complexity index is 998. The summed E-state index contributed by atoms with van der Waals surface area (Å²) < 4.78 is 47.8. The Labute approximate surface area is 185 Å². The Morgan fingerprint density at radius 2 is 1.88 bits per heavy atom. The van der Waals surface area contributed by atoms with Crippen LogP contribution in [0.3, 0.4) is 0 Å². The zero-order valence-corrected chi connectivity index (χ0v) is 17.9. The van der Waals surface area contributed by atoms with Crippen molar-refractivity contribution in [2.75, 3.05) is 32.0 Å². The van der Waals surface area contributed by atoms with Gasteiger partial charge >= 0.3 is 6.18 Å². The molecule has 4 fully saturated rings. The summed E-state index contributed by atoms with van der Waals surface area (Å²) in [6, 6.07) is 2.14. The van der Waals surface area contributed by atoms with Crippen LogP contribution < -0.4 is 5.73 Å². The van der Waals surface area contributed by atoms with Crippen molar-refractivity contribution in [2.24, 2.45) is 11.8 Å². The maximum Gasteiger partial charge on any atom is 0.419 e. The number of aromatic nitrogens is 3. The maximum atomic E-state index is 13.3. The predicted molar refractivity (Wildman–Crippen MR) is 113 cm³/mol. The monoisotopic (exact) mass is 447 g/mol. The molecule has 32 heavy (non-hydrogen) atoms. The molecule has 1 aliphatic heterocycles. The highest BCUT2D eigenvalue weighted by Crippen LogP contribution is 2.62. The SMILES string of the molecule is Nc1ncc(-c2cn(C3[C@H]4CC(N5CCCOCC5)C[C@@H]34)c(C3CC3)n2)cc1C(F)(F)F. The molecule has 172 valence electrons. The summed E-state index contributed by atoms with van der Waals surface area (Å²) in [5, 5.41) is 0. The van der Waals surface area contributed by atoms with Gasteiger partial charge in [0.1, 0.15) is 11.6 Å². The van der Waals surface area contributed by atoms with Crippen LogP contribution in [0.5, 0.6) is 0 Å². The smallest absolute Gasteiger partial charge is 0.383 e. The van der Waals surface area contributed by atoms with E-state index in [1.807, 2.05) is 6.20 Å². The molecule has 2 N–H and O–H groups in total. The highest BCUT2D eigenvalue weighted by Gasteiger charge is 2.58. The zero-order chi connectivity index (χ0) is 22.0. The first-order chi connectivity index (χ1) is 15.4. The van der Waals surface area contributed by atoms with Crippen LogP contribution in [-0.2, 0) is 10.9 Å². The van der Waals surface area contributed by atoms with Gasteiger partial charge in [-0.15, -0.1) is 0 Å². The lowest BCUT2D eigenvalue weighted by Crippen LogP contribution is -2.36. The van der Waals surface area contributed by atoms with Crippen molar-refractivity contribution in [1.29, 1.82) is 0 Å². The van der Waals surface area contributed by atoms with Gasteiger partial charge in [-0.1, -0.05) is 0 Å². The molecule has 6 rings (SSSR count). The number of ether oxygens (including phenoxy) is 1. The largest absolute Gasteiger partial charge is 0.419 e. The molecule has 6 nitrogen and oxygen atoms in total. The number of nitrogens with two attached hydrogens (primary N) is 1. The molecule has 2 aromatic heterocycles. The van der Waals surface area contributed by atoms with Crippen LogP contribution in [0.2, 0.25) is 0 Å². The quantitative estimate of drug-likeness (QED) is 0.765. The van der Waals surface area contributed by atoms with Crippen molar-refractivity contribution in [3.8, 4) is 11.3 Å². The summed E-state index contributed by atoms with van der Waals surface area (Å²) in [4.78, 5) is 11.2. The van der Waals surface area contributed by atoms with Gasteiger partial charge in [0.15, 0.2) is 0 Å². The van der Waals surface area contributed by atoms with Gasteiger partial charge < -0.3 is 15.0 Å². The van der Waals surface area contributed by atoms with Crippen molar-refractivity contribution in [3.63, 3.8) is 0 Å². The first-order valence-electron chi connectivity index (χ1n) is 11.6. The number of anilines is 1. The van der Waals surface area contributed by atoms with Crippen molar-refractivity contribution in [1.82, 2.24) is 19.4 Å². The van der Waals surface area contributed by atoms with Gasteiger partial charge in [-0.3, -0.25) is 4.90 Å². The third kappa shape index (κ3) is 3.59. The highest BCUT2D eigenvalue weighted by atomic mass is 19.4. The minimum absolute atomic E-state index is 0.375. The van der Waals surface area contributed by atoms with Crippen LogP contribution in [0.4, 0.5) is 19.0 Å². The Morgan fingerprint density at radius 1 is 1.09 bits per heavy atom. The van der Waals surface area contributed by atoms with Crippen molar-refractivity contribution < 1.29 is 17.9 Å². The van der Waals surface area contributed by atoms with Gasteiger partial charge in [0.25, 0.3) is 0 Å². The second-order valence-electron chi connectivity index (χ2n) is 9.77. The van der Waals surface area contributed by atoms with E-state index in [1.54, 1.807) is 0 Å². The van der Waals surface area contributed by atoms with E-state index in [0.717, 1.165) is 57.5 Å². The zero-order valence-electron chi connectivity index (χ0n) is 17.9. The first kappa shape index (κ1) is 20.5. The Balaban J connectivity index is 1.24. The molecule has 4 aliphatic rings. The summed E-state index contributed by atoms with van der Waals surface area (Å²) in [6.45, 7) is 3.81. The number of pyridine rings is 1. The van der Waals surface area contributed by atoms with Crippen LogP contribution in [0, 0.1) is 11.8 Å².